The highest BCUT2D eigenvalue weighted by Crippen LogP contribution is 2.23. The molecule has 0 aromatic heterocycles. The maximum absolute atomic E-state index is 12.9. The molecule has 3 rings (SSSR count). The van der Waals surface area contributed by atoms with Gasteiger partial charge in [0.05, 0.1) is 17.6 Å². The highest BCUT2D eigenvalue weighted by atomic mass is 32.2. The summed E-state index contributed by atoms with van der Waals surface area (Å²) in [5.74, 6) is -0.606. The zero-order chi connectivity index (χ0) is 22.4. The van der Waals surface area contributed by atoms with Crippen molar-refractivity contribution in [1.82, 2.24) is 4.31 Å². The second-order valence-corrected chi connectivity index (χ2v) is 9.23. The Balaban J connectivity index is 1.65. The van der Waals surface area contributed by atoms with Crippen LogP contribution in [0.5, 0.6) is 5.75 Å². The number of carbonyl (C=O) groups is 2. The third-order valence-corrected chi connectivity index (χ3v) is 6.98. The first-order valence-electron chi connectivity index (χ1n) is 10.0. The fourth-order valence-electron chi connectivity index (χ4n) is 3.32. The lowest BCUT2D eigenvalue weighted by molar-refractivity contribution is -0.119. The lowest BCUT2D eigenvalue weighted by Crippen LogP contribution is -2.35. The number of carbonyl (C=O) groups excluding carboxylic acids is 2. The molecule has 1 saturated heterocycles. The first kappa shape index (κ1) is 22.8. The van der Waals surface area contributed by atoms with Crippen molar-refractivity contribution in [3.63, 3.8) is 0 Å². The van der Waals surface area contributed by atoms with Crippen LogP contribution in [-0.4, -0.2) is 51.4 Å². The van der Waals surface area contributed by atoms with E-state index < -0.39 is 28.5 Å². The molecule has 1 N–H and O–H groups in total. The Kier molecular flexibility index (Phi) is 7.29. The van der Waals surface area contributed by atoms with Crippen LogP contribution in [0.15, 0.2) is 47.4 Å². The SMILES string of the molecule is COc1ccc(NC(=O)COC(=O)c2cc(S(=O)(=O)N3CCCCC3)ccc2C)cc1. The maximum Gasteiger partial charge on any atom is 0.338 e. The topological polar surface area (TPSA) is 102 Å². The number of nitrogens with zero attached hydrogens (tertiary/aromatic N) is 1. The molecule has 0 saturated carbocycles. The van der Waals surface area contributed by atoms with Gasteiger partial charge >= 0.3 is 5.97 Å². The Bertz CT molecular complexity index is 1040. The predicted octanol–water partition coefficient (Wildman–Crippen LogP) is 2.97. The zero-order valence-electron chi connectivity index (χ0n) is 17.6. The van der Waals surface area contributed by atoms with E-state index in [1.165, 1.54) is 16.4 Å². The molecule has 1 amide bonds. The Morgan fingerprint density at radius 3 is 2.35 bits per heavy atom. The van der Waals surface area contributed by atoms with E-state index in [1.54, 1.807) is 44.4 Å². The van der Waals surface area contributed by atoms with Crippen molar-refractivity contribution in [1.29, 1.82) is 0 Å². The Morgan fingerprint density at radius 2 is 1.71 bits per heavy atom. The molecule has 1 heterocycles. The average molecular weight is 447 g/mol. The van der Waals surface area contributed by atoms with Gasteiger partial charge in [-0.15, -0.1) is 0 Å². The Labute approximate surface area is 182 Å². The molecule has 166 valence electrons. The van der Waals surface area contributed by atoms with Crippen LogP contribution >= 0.6 is 0 Å². The fourth-order valence-corrected chi connectivity index (χ4v) is 4.86. The molecule has 9 heteroatoms. The van der Waals surface area contributed by atoms with Gasteiger partial charge in [0, 0.05) is 18.8 Å². The second kappa shape index (κ2) is 9.93. The standard InChI is InChI=1S/C22H26N2O6S/c1-16-6-11-19(31(27,28)24-12-4-3-5-13-24)14-20(16)22(26)30-15-21(25)23-17-7-9-18(29-2)10-8-17/h6-11,14H,3-5,12-13,15H2,1-2H3,(H,23,25). The van der Waals surface area contributed by atoms with Gasteiger partial charge in [0.2, 0.25) is 10.0 Å². The van der Waals surface area contributed by atoms with Crippen LogP contribution in [0, 0.1) is 6.92 Å². The summed E-state index contributed by atoms with van der Waals surface area (Å²) in [5.41, 5.74) is 1.22. The van der Waals surface area contributed by atoms with Gasteiger partial charge in [-0.05, 0) is 61.7 Å². The van der Waals surface area contributed by atoms with E-state index >= 15 is 0 Å². The minimum atomic E-state index is -3.68. The molecule has 0 spiro atoms. The number of anilines is 1. The van der Waals surface area contributed by atoms with E-state index in [0.717, 1.165) is 19.3 Å². The highest BCUT2D eigenvalue weighted by Gasteiger charge is 2.27. The average Bonchev–Trinajstić information content (AvgIpc) is 2.78. The number of esters is 1. The number of hydrogen-bond acceptors (Lipinski definition) is 6. The number of sulfonamides is 1. The molecule has 31 heavy (non-hydrogen) atoms. The fraction of sp³-hybridized carbons (Fsp3) is 0.364. The van der Waals surface area contributed by atoms with Crippen molar-refractivity contribution < 1.29 is 27.5 Å². The molecule has 0 atom stereocenters. The number of hydrogen-bond donors (Lipinski definition) is 1. The predicted molar refractivity (Wildman–Crippen MR) is 116 cm³/mol. The molecule has 0 radical (unpaired) electrons. The normalized spacial score (nSPS) is 14.6. The third kappa shape index (κ3) is 5.62. The van der Waals surface area contributed by atoms with Crippen molar-refractivity contribution in [2.24, 2.45) is 0 Å². The molecule has 0 bridgehead atoms. The van der Waals surface area contributed by atoms with E-state index in [0.29, 0.717) is 30.1 Å². The number of nitrogens with one attached hydrogen (secondary N) is 1. The van der Waals surface area contributed by atoms with E-state index in [4.69, 9.17) is 9.47 Å². The smallest absolute Gasteiger partial charge is 0.338 e. The molecule has 1 aliphatic rings. The summed E-state index contributed by atoms with van der Waals surface area (Å²) in [6.07, 6.45) is 2.66. The monoisotopic (exact) mass is 446 g/mol. The minimum Gasteiger partial charge on any atom is -0.497 e. The Morgan fingerprint density at radius 1 is 1.03 bits per heavy atom. The first-order valence-corrected chi connectivity index (χ1v) is 11.5. The lowest BCUT2D eigenvalue weighted by atomic mass is 10.1. The number of piperidine rings is 1. The minimum absolute atomic E-state index is 0.0506. The van der Waals surface area contributed by atoms with E-state index in [9.17, 15) is 18.0 Å². The highest BCUT2D eigenvalue weighted by molar-refractivity contribution is 7.89. The molecular weight excluding hydrogens is 420 g/mol. The van der Waals surface area contributed by atoms with Gasteiger partial charge in [-0.3, -0.25) is 4.79 Å². The molecule has 1 fully saturated rings. The van der Waals surface area contributed by atoms with Gasteiger partial charge in [-0.2, -0.15) is 4.31 Å². The van der Waals surface area contributed by atoms with Crippen LogP contribution in [0.2, 0.25) is 0 Å². The molecule has 0 unspecified atom stereocenters. The van der Waals surface area contributed by atoms with Gasteiger partial charge in [0.1, 0.15) is 5.75 Å². The van der Waals surface area contributed by atoms with Crippen LogP contribution < -0.4 is 10.1 Å². The molecule has 1 aliphatic heterocycles. The summed E-state index contributed by atoms with van der Waals surface area (Å²) < 4.78 is 37.4. The van der Waals surface area contributed by atoms with Crippen LogP contribution in [0.4, 0.5) is 5.69 Å². The summed E-state index contributed by atoms with van der Waals surface area (Å²) in [6, 6.07) is 11.1. The van der Waals surface area contributed by atoms with Crippen LogP contribution in [-0.2, 0) is 19.6 Å². The van der Waals surface area contributed by atoms with E-state index in [-0.39, 0.29) is 10.5 Å². The number of rotatable bonds is 7. The van der Waals surface area contributed by atoms with Crippen molar-refractivity contribution in [2.45, 2.75) is 31.1 Å². The van der Waals surface area contributed by atoms with E-state index in [1.807, 2.05) is 0 Å². The molecule has 2 aromatic rings. The zero-order valence-corrected chi connectivity index (χ0v) is 18.4. The lowest BCUT2D eigenvalue weighted by Gasteiger charge is -2.26. The maximum atomic E-state index is 12.9. The van der Waals surface area contributed by atoms with Crippen LogP contribution in [0.25, 0.3) is 0 Å². The summed E-state index contributed by atoms with van der Waals surface area (Å²) in [5, 5.41) is 2.62. The van der Waals surface area contributed by atoms with Crippen molar-refractivity contribution in [3.8, 4) is 5.75 Å². The van der Waals surface area contributed by atoms with Gasteiger partial charge < -0.3 is 14.8 Å². The van der Waals surface area contributed by atoms with Gasteiger partial charge in [0.25, 0.3) is 5.91 Å². The number of ether oxygens (including phenoxy) is 2. The third-order valence-electron chi connectivity index (χ3n) is 5.09. The molecule has 2 aromatic carbocycles. The molecule has 0 aliphatic carbocycles. The number of benzene rings is 2. The van der Waals surface area contributed by atoms with Gasteiger partial charge in [-0.25, -0.2) is 13.2 Å². The van der Waals surface area contributed by atoms with Crippen molar-refractivity contribution in [3.05, 3.63) is 53.6 Å². The van der Waals surface area contributed by atoms with Gasteiger partial charge in [-0.1, -0.05) is 12.5 Å². The van der Waals surface area contributed by atoms with Crippen LogP contribution in [0.3, 0.4) is 0 Å². The summed E-state index contributed by atoms with van der Waals surface area (Å²) >= 11 is 0. The Hall–Kier alpha value is -2.91. The number of aryl methyl sites for hydroxylation is 1. The number of amides is 1. The van der Waals surface area contributed by atoms with Gasteiger partial charge in [0.15, 0.2) is 6.61 Å². The van der Waals surface area contributed by atoms with Crippen molar-refractivity contribution in [2.75, 3.05) is 32.1 Å². The second-order valence-electron chi connectivity index (χ2n) is 7.29. The van der Waals surface area contributed by atoms with E-state index in [2.05, 4.69) is 5.32 Å². The summed E-state index contributed by atoms with van der Waals surface area (Å²) in [7, 11) is -2.13. The molecule has 8 nitrogen and oxygen atoms in total. The summed E-state index contributed by atoms with van der Waals surface area (Å²) in [4.78, 5) is 24.7. The quantitative estimate of drug-likeness (QED) is 0.656. The molecular formula is C22H26N2O6S. The van der Waals surface area contributed by atoms with Crippen molar-refractivity contribution >= 4 is 27.6 Å². The largest absolute Gasteiger partial charge is 0.497 e. The number of methoxy groups -OCH3 is 1. The summed E-state index contributed by atoms with van der Waals surface area (Å²) in [6.45, 7) is 2.14. The first-order chi connectivity index (χ1) is 14.8. The van der Waals surface area contributed by atoms with Crippen LogP contribution in [0.1, 0.15) is 35.2 Å².